The third kappa shape index (κ3) is 3.84. The van der Waals surface area contributed by atoms with Crippen LogP contribution in [0.3, 0.4) is 0 Å². The number of nitrogens with two attached hydrogens (primary N) is 1. The molecule has 6 rings (SSSR count). The molecule has 2 atom stereocenters. The van der Waals surface area contributed by atoms with Crippen LogP contribution in [0.25, 0.3) is 22.6 Å². The molecule has 0 radical (unpaired) electrons. The highest BCUT2D eigenvalue weighted by atomic mass is 16.2. The average Bonchev–Trinajstić information content (AvgIpc) is 3.74. The number of nitrogens with zero attached hydrogens (tertiary/aromatic N) is 4. The van der Waals surface area contributed by atoms with Crippen molar-refractivity contribution in [1.29, 1.82) is 0 Å². The molecule has 3 heterocycles. The van der Waals surface area contributed by atoms with Gasteiger partial charge in [0.2, 0.25) is 0 Å². The maximum Gasteiger partial charge on any atom is 0.370 e. The number of primary amides is 1. The largest absolute Gasteiger partial charge is 0.370 e. The number of hydrogen-bond acceptors (Lipinski definition) is 3. The molecule has 1 unspecified atom stereocenters. The summed E-state index contributed by atoms with van der Waals surface area (Å²) in [6.45, 7) is 0.464. The number of amides is 2. The van der Waals surface area contributed by atoms with E-state index in [4.69, 9.17) is 10.8 Å². The lowest BCUT2D eigenvalue weighted by Crippen LogP contribution is -2.62. The zero-order valence-electron chi connectivity index (χ0n) is 20.9. The Hall–Kier alpha value is -4.75. The number of likely N-dealkylation sites (tertiary alicyclic amines) is 1. The van der Waals surface area contributed by atoms with Gasteiger partial charge in [-0.25, -0.2) is 14.0 Å². The summed E-state index contributed by atoms with van der Waals surface area (Å²) in [5, 5.41) is 4.87. The van der Waals surface area contributed by atoms with E-state index >= 15 is 0 Å². The van der Waals surface area contributed by atoms with Gasteiger partial charge in [-0.15, -0.1) is 0 Å². The molecule has 0 aliphatic carbocycles. The van der Waals surface area contributed by atoms with E-state index in [1.54, 1.807) is 4.68 Å². The van der Waals surface area contributed by atoms with Crippen LogP contribution in [0.15, 0.2) is 116 Å². The van der Waals surface area contributed by atoms with Gasteiger partial charge in [-0.3, -0.25) is 4.79 Å². The molecule has 1 fully saturated rings. The highest BCUT2D eigenvalue weighted by Gasteiger charge is 2.55. The van der Waals surface area contributed by atoms with Crippen molar-refractivity contribution in [2.75, 3.05) is 6.54 Å². The van der Waals surface area contributed by atoms with E-state index in [9.17, 15) is 9.59 Å². The zero-order valence-corrected chi connectivity index (χ0v) is 20.9. The Kier molecular flexibility index (Phi) is 5.98. The molecule has 2 aromatic heterocycles. The second-order valence-electron chi connectivity index (χ2n) is 9.57. The fourth-order valence-corrected chi connectivity index (χ4v) is 5.68. The van der Waals surface area contributed by atoms with Crippen LogP contribution in [0.1, 0.15) is 23.3 Å². The number of carbonyl (C=O) groups is 2. The molecule has 1 aliphatic heterocycles. The quantitative estimate of drug-likeness (QED) is 0.327. The van der Waals surface area contributed by atoms with Crippen LogP contribution in [0.5, 0.6) is 0 Å². The summed E-state index contributed by atoms with van der Waals surface area (Å²) in [5.74, 6) is -0.684. The van der Waals surface area contributed by atoms with Crippen molar-refractivity contribution in [1.82, 2.24) is 18.8 Å². The van der Waals surface area contributed by atoms with E-state index in [2.05, 4.69) is 0 Å². The SMILES string of the molecule is NC(=O)[C@@H]1CCC[N+]1(C(=O)c1cc(-c2ccccc2)nn1-c1ccccc1)c1ccccc1-n1cccc1. The van der Waals surface area contributed by atoms with E-state index in [0.29, 0.717) is 30.8 Å². The lowest BCUT2D eigenvalue weighted by Gasteiger charge is -2.36. The third-order valence-corrected chi connectivity index (χ3v) is 7.40. The topological polar surface area (TPSA) is 82.9 Å². The van der Waals surface area contributed by atoms with E-state index < -0.39 is 11.9 Å². The normalized spacial score (nSPS) is 18.9. The maximum absolute atomic E-state index is 14.9. The molecule has 7 nitrogen and oxygen atoms in total. The monoisotopic (exact) mass is 502 g/mol. The highest BCUT2D eigenvalue weighted by molar-refractivity contribution is 6.07. The van der Waals surface area contributed by atoms with Crippen molar-refractivity contribution in [2.45, 2.75) is 18.9 Å². The van der Waals surface area contributed by atoms with Gasteiger partial charge in [0.25, 0.3) is 5.91 Å². The van der Waals surface area contributed by atoms with Gasteiger partial charge in [0, 0.05) is 42.9 Å². The second kappa shape index (κ2) is 9.61. The number of carbonyl (C=O) groups excluding carboxylic acids is 2. The van der Waals surface area contributed by atoms with E-state index in [-0.39, 0.29) is 10.4 Å². The molecule has 7 heteroatoms. The summed E-state index contributed by atoms with van der Waals surface area (Å²) in [6.07, 6.45) is 5.12. The number of quaternary nitrogens is 1. The zero-order chi connectivity index (χ0) is 26.1. The lowest BCUT2D eigenvalue weighted by atomic mass is 10.1. The molecule has 1 aliphatic rings. The standard InChI is InChI=1S/C31H27N5O2/c32-30(37)29-18-11-21-36(29,28-17-8-7-16-26(28)34-19-9-10-20-34)31(38)27-22-25(23-12-3-1-4-13-23)33-35(27)24-14-5-2-6-15-24/h1-10,12-17,19-20,22,29H,11,18,21H2,(H-,32,37)/p+1/t29-,36?/m0/s1. The first kappa shape index (κ1) is 23.6. The minimum absolute atomic E-state index is 0.184. The summed E-state index contributed by atoms with van der Waals surface area (Å²) in [5.41, 5.74) is 10.4. The lowest BCUT2D eigenvalue weighted by molar-refractivity contribution is -0.121. The Morgan fingerprint density at radius 2 is 1.50 bits per heavy atom. The van der Waals surface area contributed by atoms with Gasteiger partial charge in [-0.05, 0) is 30.3 Å². The minimum atomic E-state index is -0.696. The van der Waals surface area contributed by atoms with Crippen LogP contribution in [0.2, 0.25) is 0 Å². The first-order chi connectivity index (χ1) is 18.6. The van der Waals surface area contributed by atoms with Crippen molar-refractivity contribution in [2.24, 2.45) is 5.73 Å². The molecule has 188 valence electrons. The first-order valence-electron chi connectivity index (χ1n) is 12.8. The molecule has 0 saturated carbocycles. The smallest absolute Gasteiger partial charge is 0.364 e. The van der Waals surface area contributed by atoms with Crippen LogP contribution in [0.4, 0.5) is 5.69 Å². The van der Waals surface area contributed by atoms with Crippen molar-refractivity contribution < 1.29 is 9.59 Å². The Morgan fingerprint density at radius 3 is 2.21 bits per heavy atom. The van der Waals surface area contributed by atoms with E-state index in [1.165, 1.54) is 0 Å². The Balaban J connectivity index is 1.60. The molecule has 0 bridgehead atoms. The molecule has 38 heavy (non-hydrogen) atoms. The van der Waals surface area contributed by atoms with Gasteiger partial charge in [-0.1, -0.05) is 60.7 Å². The van der Waals surface area contributed by atoms with Gasteiger partial charge in [0.05, 0.1) is 17.9 Å². The van der Waals surface area contributed by atoms with Crippen molar-refractivity contribution >= 4 is 17.5 Å². The number of para-hydroxylation sites is 3. The first-order valence-corrected chi connectivity index (χ1v) is 12.8. The Labute approximate surface area is 221 Å². The summed E-state index contributed by atoms with van der Waals surface area (Å²) in [6, 6.07) is 32.2. The van der Waals surface area contributed by atoms with Crippen LogP contribution in [0, 0.1) is 0 Å². The second-order valence-corrected chi connectivity index (χ2v) is 9.57. The van der Waals surface area contributed by atoms with Crippen LogP contribution in [-0.4, -0.2) is 38.7 Å². The fourth-order valence-electron chi connectivity index (χ4n) is 5.68. The number of rotatable bonds is 6. The number of hydrogen-bond donors (Lipinski definition) is 1. The van der Waals surface area contributed by atoms with Gasteiger partial charge in [0.1, 0.15) is 5.69 Å². The van der Waals surface area contributed by atoms with Gasteiger partial charge in [-0.2, -0.15) is 5.10 Å². The average molecular weight is 503 g/mol. The van der Waals surface area contributed by atoms with Crippen LogP contribution in [-0.2, 0) is 4.79 Å². The molecule has 2 N–H and O–H groups in total. The summed E-state index contributed by atoms with van der Waals surface area (Å²) < 4.78 is 3.48. The van der Waals surface area contributed by atoms with Crippen molar-refractivity contribution in [3.05, 3.63) is 121 Å². The predicted molar refractivity (Wildman–Crippen MR) is 148 cm³/mol. The molecule has 1 saturated heterocycles. The maximum atomic E-state index is 14.9. The van der Waals surface area contributed by atoms with Crippen LogP contribution >= 0.6 is 0 Å². The van der Waals surface area contributed by atoms with Crippen LogP contribution < -0.4 is 10.2 Å². The Bertz CT molecular complexity index is 1590. The molecule has 3 aromatic carbocycles. The molecule has 2 amide bonds. The predicted octanol–water partition coefficient (Wildman–Crippen LogP) is 5.13. The van der Waals surface area contributed by atoms with E-state index in [1.807, 2.05) is 120 Å². The van der Waals surface area contributed by atoms with Gasteiger partial charge in [0.15, 0.2) is 17.4 Å². The fraction of sp³-hybridized carbons (Fsp3) is 0.129. The number of benzene rings is 3. The van der Waals surface area contributed by atoms with Crippen molar-refractivity contribution in [3.63, 3.8) is 0 Å². The highest BCUT2D eigenvalue weighted by Crippen LogP contribution is 2.41. The minimum Gasteiger partial charge on any atom is -0.364 e. The molecule has 0 spiro atoms. The summed E-state index contributed by atoms with van der Waals surface area (Å²) >= 11 is 0. The molecule has 5 aromatic rings. The van der Waals surface area contributed by atoms with E-state index in [0.717, 1.165) is 22.6 Å². The third-order valence-electron chi connectivity index (χ3n) is 7.40. The van der Waals surface area contributed by atoms with Crippen molar-refractivity contribution in [3.8, 4) is 22.6 Å². The summed E-state index contributed by atoms with van der Waals surface area (Å²) in [7, 11) is 0. The number of aromatic nitrogens is 3. The van der Waals surface area contributed by atoms with Gasteiger partial charge >= 0.3 is 5.91 Å². The Morgan fingerprint density at radius 1 is 0.842 bits per heavy atom. The molecular formula is C31H28N5O2+. The molecular weight excluding hydrogens is 474 g/mol. The summed E-state index contributed by atoms with van der Waals surface area (Å²) in [4.78, 5) is 27.9. The van der Waals surface area contributed by atoms with Gasteiger partial charge < -0.3 is 10.3 Å².